The summed E-state index contributed by atoms with van der Waals surface area (Å²) < 4.78 is 5.38. The zero-order valence-electron chi connectivity index (χ0n) is 25.5. The molecular weight excluding hydrogens is 528 g/mol. The van der Waals surface area contributed by atoms with Crippen LogP contribution in [0.5, 0.6) is 0 Å². The van der Waals surface area contributed by atoms with Crippen LogP contribution in [-0.2, 0) is 23.9 Å². The molecule has 230 valence electrons. The third kappa shape index (κ3) is 8.08. The van der Waals surface area contributed by atoms with Crippen LogP contribution >= 0.6 is 0 Å². The first kappa shape index (κ1) is 32.6. The summed E-state index contributed by atoms with van der Waals surface area (Å²) in [5.41, 5.74) is 5.23. The van der Waals surface area contributed by atoms with E-state index in [4.69, 9.17) is 10.5 Å². The lowest BCUT2D eigenvalue weighted by molar-refractivity contribution is -0.143. The number of nitrogens with zero attached hydrogens (tertiary/aromatic N) is 1. The van der Waals surface area contributed by atoms with Gasteiger partial charge >= 0.3 is 6.09 Å². The molecule has 11 heteroatoms. The van der Waals surface area contributed by atoms with Crippen molar-refractivity contribution in [3.05, 3.63) is 11.6 Å². The zero-order chi connectivity index (χ0) is 30.9. The van der Waals surface area contributed by atoms with Crippen LogP contribution in [0.2, 0.25) is 0 Å². The molecular formula is C30H48N4O7. The largest absolute Gasteiger partial charge is 0.444 e. The van der Waals surface area contributed by atoms with E-state index in [1.165, 1.54) is 11.0 Å². The van der Waals surface area contributed by atoms with Crippen LogP contribution in [-0.4, -0.2) is 76.0 Å². The van der Waals surface area contributed by atoms with Gasteiger partial charge in [-0.25, -0.2) is 4.79 Å². The van der Waals surface area contributed by atoms with Gasteiger partial charge in [-0.2, -0.15) is 0 Å². The number of primary amides is 1. The average Bonchev–Trinajstić information content (AvgIpc) is 3.13. The third-order valence-electron chi connectivity index (χ3n) is 8.69. The summed E-state index contributed by atoms with van der Waals surface area (Å²) in [4.78, 5) is 66.1. The quantitative estimate of drug-likeness (QED) is 0.258. The Kier molecular flexibility index (Phi) is 9.93. The standard InChI is InChI=1S/C30H48N4O7/c1-16(2)13-18(35)11-12-20(33-28(40)41-29(3,4)5)27(39)34-15-19-22(30(19,6)7)23(34)26(38)32-21(24(36)25(31)37)14-17-9-8-10-17/h13,17,19-24,36H,8-12,14-15H2,1-7H3,(H2,31,37)(H,32,38)(H,33,40)/t19?,20-,21?,22-,23-,24?/m0/s1. The van der Waals surface area contributed by atoms with Crippen molar-refractivity contribution in [1.82, 2.24) is 15.5 Å². The van der Waals surface area contributed by atoms with Crippen LogP contribution in [0.15, 0.2) is 11.6 Å². The zero-order valence-corrected chi connectivity index (χ0v) is 25.5. The van der Waals surface area contributed by atoms with Crippen LogP contribution in [0.1, 0.15) is 87.0 Å². The lowest BCUT2D eigenvalue weighted by Crippen LogP contribution is -2.59. The number of amides is 4. The molecule has 1 aliphatic heterocycles. The Balaban J connectivity index is 1.83. The van der Waals surface area contributed by atoms with Gasteiger partial charge in [0.2, 0.25) is 17.7 Å². The number of aliphatic hydroxyl groups excluding tert-OH is 1. The van der Waals surface area contributed by atoms with Crippen molar-refractivity contribution < 1.29 is 33.8 Å². The number of ketones is 1. The van der Waals surface area contributed by atoms with Gasteiger partial charge in [-0.05, 0) is 76.7 Å². The van der Waals surface area contributed by atoms with Crippen molar-refractivity contribution in [3.8, 4) is 0 Å². The first-order valence-electron chi connectivity index (χ1n) is 14.7. The number of ether oxygens (including phenoxy) is 1. The van der Waals surface area contributed by atoms with Gasteiger partial charge in [-0.15, -0.1) is 0 Å². The van der Waals surface area contributed by atoms with Crippen LogP contribution in [0, 0.1) is 23.2 Å². The van der Waals surface area contributed by atoms with E-state index in [0.717, 1.165) is 24.8 Å². The van der Waals surface area contributed by atoms with Crippen molar-refractivity contribution in [2.24, 2.45) is 28.9 Å². The number of nitrogens with two attached hydrogens (primary N) is 1. The Morgan fingerprint density at radius 2 is 1.76 bits per heavy atom. The van der Waals surface area contributed by atoms with Crippen molar-refractivity contribution >= 4 is 29.6 Å². The SMILES string of the molecule is CC(C)=CC(=O)CC[C@H](NC(=O)OC(C)(C)C)C(=O)N1CC2[C@@H]([C@H]1C(=O)NC(CC1CCC1)C(O)C(N)=O)C2(C)C. The predicted octanol–water partition coefficient (Wildman–Crippen LogP) is 2.20. The fourth-order valence-corrected chi connectivity index (χ4v) is 6.22. The van der Waals surface area contributed by atoms with Crippen molar-refractivity contribution in [2.75, 3.05) is 6.54 Å². The number of carbonyl (C=O) groups excluding carboxylic acids is 5. The molecule has 5 N–H and O–H groups in total. The Morgan fingerprint density at radius 3 is 2.27 bits per heavy atom. The number of hydrogen-bond donors (Lipinski definition) is 4. The smallest absolute Gasteiger partial charge is 0.408 e. The Bertz CT molecular complexity index is 1070. The van der Waals surface area contributed by atoms with Crippen LogP contribution < -0.4 is 16.4 Å². The van der Waals surface area contributed by atoms with E-state index in [1.54, 1.807) is 34.6 Å². The van der Waals surface area contributed by atoms with E-state index in [0.29, 0.717) is 13.0 Å². The number of allylic oxidation sites excluding steroid dienone is 2. The minimum atomic E-state index is -1.55. The Morgan fingerprint density at radius 1 is 1.12 bits per heavy atom. The highest BCUT2D eigenvalue weighted by Gasteiger charge is 2.69. The number of hydrogen-bond acceptors (Lipinski definition) is 7. The molecule has 0 bridgehead atoms. The lowest BCUT2D eigenvalue weighted by atomic mass is 9.79. The molecule has 2 aliphatic carbocycles. The van der Waals surface area contributed by atoms with E-state index in [9.17, 15) is 29.1 Å². The molecule has 3 aliphatic rings. The molecule has 6 atom stereocenters. The topological polar surface area (TPSA) is 168 Å². The lowest BCUT2D eigenvalue weighted by Gasteiger charge is -2.36. The summed E-state index contributed by atoms with van der Waals surface area (Å²) in [6.07, 6.45) is 2.60. The van der Waals surface area contributed by atoms with Gasteiger partial charge in [-0.1, -0.05) is 38.7 Å². The maximum atomic E-state index is 14.0. The highest BCUT2D eigenvalue weighted by molar-refractivity contribution is 5.94. The van der Waals surface area contributed by atoms with Gasteiger partial charge in [0, 0.05) is 13.0 Å². The minimum absolute atomic E-state index is 0.0225. The second kappa shape index (κ2) is 12.5. The summed E-state index contributed by atoms with van der Waals surface area (Å²) in [5.74, 6) is -1.80. The first-order chi connectivity index (χ1) is 18.9. The number of carbonyl (C=O) groups is 5. The van der Waals surface area contributed by atoms with Crippen molar-refractivity contribution in [3.63, 3.8) is 0 Å². The second-order valence-electron chi connectivity index (χ2n) is 13.8. The number of nitrogens with one attached hydrogen (secondary N) is 2. The molecule has 1 heterocycles. The molecule has 0 aromatic rings. The normalized spacial score (nSPS) is 25.1. The summed E-state index contributed by atoms with van der Waals surface area (Å²) in [7, 11) is 0. The fraction of sp³-hybridized carbons (Fsp3) is 0.767. The maximum absolute atomic E-state index is 14.0. The number of aliphatic hydroxyl groups is 1. The van der Waals surface area contributed by atoms with Crippen LogP contribution in [0.3, 0.4) is 0 Å². The molecule has 3 rings (SSSR count). The van der Waals surface area contributed by atoms with Crippen LogP contribution in [0.4, 0.5) is 4.79 Å². The van der Waals surface area contributed by atoms with E-state index < -0.39 is 53.6 Å². The third-order valence-corrected chi connectivity index (χ3v) is 8.69. The highest BCUT2D eigenvalue weighted by atomic mass is 16.6. The number of fused-ring (bicyclic) bond motifs is 1. The van der Waals surface area contributed by atoms with Crippen molar-refractivity contribution in [2.45, 2.75) is 117 Å². The highest BCUT2D eigenvalue weighted by Crippen LogP contribution is 2.65. The first-order valence-corrected chi connectivity index (χ1v) is 14.7. The van der Waals surface area contributed by atoms with Gasteiger partial charge in [0.05, 0.1) is 6.04 Å². The molecule has 2 saturated carbocycles. The predicted molar refractivity (Wildman–Crippen MR) is 152 cm³/mol. The number of rotatable bonds is 12. The van der Waals surface area contributed by atoms with Gasteiger partial charge in [0.1, 0.15) is 17.7 Å². The van der Waals surface area contributed by atoms with E-state index in [-0.39, 0.29) is 41.8 Å². The van der Waals surface area contributed by atoms with E-state index in [2.05, 4.69) is 10.6 Å². The molecule has 1 saturated heterocycles. The molecule has 3 fully saturated rings. The van der Waals surface area contributed by atoms with Crippen molar-refractivity contribution in [1.29, 1.82) is 0 Å². The maximum Gasteiger partial charge on any atom is 0.408 e. The minimum Gasteiger partial charge on any atom is -0.444 e. The van der Waals surface area contributed by atoms with Gasteiger partial charge in [0.15, 0.2) is 11.9 Å². The molecule has 41 heavy (non-hydrogen) atoms. The van der Waals surface area contributed by atoms with E-state index in [1.807, 2.05) is 13.8 Å². The monoisotopic (exact) mass is 576 g/mol. The van der Waals surface area contributed by atoms with Crippen LogP contribution in [0.25, 0.3) is 0 Å². The van der Waals surface area contributed by atoms with Gasteiger partial charge < -0.3 is 31.1 Å². The Hall–Kier alpha value is -2.95. The molecule has 0 aromatic carbocycles. The molecule has 0 radical (unpaired) electrons. The van der Waals surface area contributed by atoms with Gasteiger partial charge in [0.25, 0.3) is 0 Å². The molecule has 3 unspecified atom stereocenters. The Labute approximate surface area is 243 Å². The summed E-state index contributed by atoms with van der Waals surface area (Å²) >= 11 is 0. The number of piperidine rings is 1. The molecule has 4 amide bonds. The summed E-state index contributed by atoms with van der Waals surface area (Å²) in [6.45, 7) is 13.1. The van der Waals surface area contributed by atoms with Gasteiger partial charge in [-0.3, -0.25) is 19.2 Å². The molecule has 0 spiro atoms. The second-order valence-corrected chi connectivity index (χ2v) is 13.8. The van der Waals surface area contributed by atoms with E-state index >= 15 is 0 Å². The molecule has 0 aromatic heterocycles. The summed E-state index contributed by atoms with van der Waals surface area (Å²) in [5, 5.41) is 16.0. The number of likely N-dealkylation sites (tertiary alicyclic amines) is 1. The summed E-state index contributed by atoms with van der Waals surface area (Å²) in [6, 6.07) is -2.80. The average molecular weight is 577 g/mol. The molecule has 11 nitrogen and oxygen atoms in total. The number of alkyl carbamates (subject to hydrolysis) is 1. The fourth-order valence-electron chi connectivity index (χ4n) is 6.22.